The van der Waals surface area contributed by atoms with E-state index >= 15 is 0 Å². The zero-order valence-corrected chi connectivity index (χ0v) is 10.3. The van der Waals surface area contributed by atoms with Crippen molar-refractivity contribution in [3.63, 3.8) is 0 Å². The van der Waals surface area contributed by atoms with Crippen LogP contribution in [0.4, 0.5) is 0 Å². The summed E-state index contributed by atoms with van der Waals surface area (Å²) in [6, 6.07) is 8.20. The summed E-state index contributed by atoms with van der Waals surface area (Å²) in [5.74, 6) is 0.620. The van der Waals surface area contributed by atoms with Gasteiger partial charge in [-0.3, -0.25) is 0 Å². The van der Waals surface area contributed by atoms with Crippen molar-refractivity contribution in [3.05, 3.63) is 40.6 Å². The summed E-state index contributed by atoms with van der Waals surface area (Å²) < 4.78 is 0. The van der Waals surface area contributed by atoms with E-state index < -0.39 is 0 Å². The van der Waals surface area contributed by atoms with Crippen molar-refractivity contribution in [1.29, 1.82) is 0 Å². The molecule has 0 aliphatic heterocycles. The molecule has 90 valence electrons. The molecule has 5 nitrogen and oxygen atoms in total. The van der Waals surface area contributed by atoms with E-state index in [9.17, 15) is 0 Å². The Morgan fingerprint density at radius 2 is 1.89 bits per heavy atom. The van der Waals surface area contributed by atoms with E-state index in [0.717, 1.165) is 22.3 Å². The highest BCUT2D eigenvalue weighted by Gasteiger charge is 2.11. The fourth-order valence-corrected chi connectivity index (χ4v) is 2.63. The Kier molecular flexibility index (Phi) is 2.87. The van der Waals surface area contributed by atoms with Crippen molar-refractivity contribution in [2.24, 2.45) is 5.73 Å². The van der Waals surface area contributed by atoms with E-state index in [-0.39, 0.29) is 0 Å². The second-order valence-electron chi connectivity index (χ2n) is 3.84. The molecule has 3 aromatic rings. The molecule has 0 unspecified atom stereocenters. The standard InChI is InChI=1S/C12H11N5S/c13-5-8-1-3-9(4-2-8)10-6-18-7-11(10)12-14-16-17-15-12/h1-4,6-7H,5,13H2,(H,14,15,16,17). The predicted molar refractivity (Wildman–Crippen MR) is 70.8 cm³/mol. The minimum Gasteiger partial charge on any atom is -0.326 e. The van der Waals surface area contributed by atoms with Gasteiger partial charge >= 0.3 is 0 Å². The van der Waals surface area contributed by atoms with E-state index in [1.807, 2.05) is 17.5 Å². The second kappa shape index (κ2) is 4.67. The fraction of sp³-hybridized carbons (Fsp3) is 0.0833. The Bertz CT molecular complexity index is 627. The maximum atomic E-state index is 5.60. The molecule has 2 heterocycles. The summed E-state index contributed by atoms with van der Waals surface area (Å²) in [6.07, 6.45) is 0. The highest BCUT2D eigenvalue weighted by Crippen LogP contribution is 2.33. The molecule has 0 spiro atoms. The van der Waals surface area contributed by atoms with Crippen molar-refractivity contribution in [3.8, 4) is 22.5 Å². The van der Waals surface area contributed by atoms with Crippen molar-refractivity contribution < 1.29 is 0 Å². The topological polar surface area (TPSA) is 80.5 Å². The third-order valence-corrected chi connectivity index (χ3v) is 3.49. The molecule has 0 saturated carbocycles. The van der Waals surface area contributed by atoms with Gasteiger partial charge < -0.3 is 5.73 Å². The number of rotatable bonds is 3. The van der Waals surface area contributed by atoms with Crippen LogP contribution in [-0.4, -0.2) is 20.6 Å². The van der Waals surface area contributed by atoms with Crippen molar-refractivity contribution in [1.82, 2.24) is 20.6 Å². The first-order valence-corrected chi connectivity index (χ1v) is 6.42. The van der Waals surface area contributed by atoms with E-state index in [0.29, 0.717) is 12.4 Å². The van der Waals surface area contributed by atoms with Gasteiger partial charge in [0.25, 0.3) is 0 Å². The van der Waals surface area contributed by atoms with Gasteiger partial charge in [-0.1, -0.05) is 24.3 Å². The van der Waals surface area contributed by atoms with Crippen molar-refractivity contribution in [2.45, 2.75) is 6.54 Å². The molecule has 0 radical (unpaired) electrons. The number of benzene rings is 1. The molecule has 3 rings (SSSR count). The van der Waals surface area contributed by atoms with E-state index in [1.54, 1.807) is 11.3 Å². The maximum Gasteiger partial charge on any atom is 0.206 e. The van der Waals surface area contributed by atoms with Crippen LogP contribution in [0.3, 0.4) is 0 Å². The zero-order valence-electron chi connectivity index (χ0n) is 9.50. The summed E-state index contributed by atoms with van der Waals surface area (Å²) in [5, 5.41) is 18.2. The molecule has 0 aliphatic rings. The van der Waals surface area contributed by atoms with Crippen LogP contribution in [0.15, 0.2) is 35.0 Å². The van der Waals surface area contributed by atoms with Gasteiger partial charge in [-0.2, -0.15) is 16.6 Å². The molecule has 0 amide bonds. The number of aromatic amines is 1. The molecule has 3 N–H and O–H groups in total. The first kappa shape index (κ1) is 11.1. The lowest BCUT2D eigenvalue weighted by Gasteiger charge is -2.02. The molecular weight excluding hydrogens is 246 g/mol. The SMILES string of the molecule is NCc1ccc(-c2cscc2-c2nn[nH]n2)cc1. The summed E-state index contributed by atoms with van der Waals surface area (Å²) in [6.45, 7) is 0.557. The molecule has 0 atom stereocenters. The van der Waals surface area contributed by atoms with Gasteiger partial charge in [0.1, 0.15) is 0 Å². The number of tetrazole rings is 1. The highest BCUT2D eigenvalue weighted by molar-refractivity contribution is 7.08. The first-order chi connectivity index (χ1) is 8.88. The van der Waals surface area contributed by atoms with Crippen LogP contribution >= 0.6 is 11.3 Å². The molecular formula is C12H11N5S. The fourth-order valence-electron chi connectivity index (χ4n) is 1.79. The molecule has 0 saturated heterocycles. The minimum absolute atomic E-state index is 0.557. The van der Waals surface area contributed by atoms with E-state index in [4.69, 9.17) is 5.73 Å². The number of hydrogen-bond donors (Lipinski definition) is 2. The maximum absolute atomic E-state index is 5.60. The number of thiophene rings is 1. The van der Waals surface area contributed by atoms with Gasteiger partial charge in [0.2, 0.25) is 5.82 Å². The lowest BCUT2D eigenvalue weighted by molar-refractivity contribution is 0.881. The van der Waals surface area contributed by atoms with E-state index in [2.05, 4.69) is 38.1 Å². The molecule has 2 aromatic heterocycles. The average Bonchev–Trinajstić information content (AvgIpc) is 3.09. The smallest absolute Gasteiger partial charge is 0.206 e. The van der Waals surface area contributed by atoms with Crippen molar-refractivity contribution in [2.75, 3.05) is 0 Å². The third-order valence-electron chi connectivity index (χ3n) is 2.75. The van der Waals surface area contributed by atoms with Crippen LogP contribution in [0.5, 0.6) is 0 Å². The predicted octanol–water partition coefficient (Wildman–Crippen LogP) is 2.05. The Morgan fingerprint density at radius 3 is 2.56 bits per heavy atom. The zero-order chi connectivity index (χ0) is 12.4. The van der Waals surface area contributed by atoms with Crippen LogP contribution in [0.25, 0.3) is 22.5 Å². The van der Waals surface area contributed by atoms with Crippen LogP contribution in [0.1, 0.15) is 5.56 Å². The number of nitrogens with zero attached hydrogens (tertiary/aromatic N) is 3. The summed E-state index contributed by atoms with van der Waals surface area (Å²) >= 11 is 1.62. The molecule has 1 aromatic carbocycles. The summed E-state index contributed by atoms with van der Waals surface area (Å²) in [7, 11) is 0. The van der Waals surface area contributed by atoms with Gasteiger partial charge in [0.05, 0.1) is 0 Å². The Labute approximate surface area is 108 Å². The molecule has 0 bridgehead atoms. The van der Waals surface area contributed by atoms with Crippen LogP contribution < -0.4 is 5.73 Å². The lowest BCUT2D eigenvalue weighted by Crippen LogP contribution is -1.95. The number of hydrogen-bond acceptors (Lipinski definition) is 5. The Hall–Kier alpha value is -2.05. The Balaban J connectivity index is 2.04. The molecule has 18 heavy (non-hydrogen) atoms. The van der Waals surface area contributed by atoms with Gasteiger partial charge in [-0.25, -0.2) is 0 Å². The first-order valence-electron chi connectivity index (χ1n) is 5.48. The number of nitrogens with two attached hydrogens (primary N) is 1. The van der Waals surface area contributed by atoms with E-state index in [1.165, 1.54) is 0 Å². The quantitative estimate of drug-likeness (QED) is 0.752. The average molecular weight is 257 g/mol. The van der Waals surface area contributed by atoms with Crippen LogP contribution in [0, 0.1) is 0 Å². The monoisotopic (exact) mass is 257 g/mol. The molecule has 6 heteroatoms. The number of nitrogens with one attached hydrogen (secondary N) is 1. The van der Waals surface area contributed by atoms with Crippen molar-refractivity contribution >= 4 is 11.3 Å². The minimum atomic E-state index is 0.557. The second-order valence-corrected chi connectivity index (χ2v) is 4.58. The Morgan fingerprint density at radius 1 is 1.11 bits per heavy atom. The van der Waals surface area contributed by atoms with Gasteiger partial charge in [-0.15, -0.1) is 10.2 Å². The number of aromatic nitrogens is 4. The molecule has 0 aliphatic carbocycles. The van der Waals surface area contributed by atoms with Gasteiger partial charge in [-0.05, 0) is 21.7 Å². The highest BCUT2D eigenvalue weighted by atomic mass is 32.1. The summed E-state index contributed by atoms with van der Waals surface area (Å²) in [5.41, 5.74) is 9.96. The normalized spacial score (nSPS) is 10.7. The molecule has 0 fully saturated rings. The van der Waals surface area contributed by atoms with Crippen LogP contribution in [0.2, 0.25) is 0 Å². The largest absolute Gasteiger partial charge is 0.326 e. The number of H-pyrrole nitrogens is 1. The summed E-state index contributed by atoms with van der Waals surface area (Å²) in [4.78, 5) is 0. The van der Waals surface area contributed by atoms with Gasteiger partial charge in [0, 0.05) is 23.1 Å². The third kappa shape index (κ3) is 1.92. The van der Waals surface area contributed by atoms with Crippen LogP contribution in [-0.2, 0) is 6.54 Å². The lowest BCUT2D eigenvalue weighted by atomic mass is 10.0. The van der Waals surface area contributed by atoms with Gasteiger partial charge in [0.15, 0.2) is 0 Å².